The van der Waals surface area contributed by atoms with Crippen LogP contribution < -0.4 is 0 Å². The SMILES string of the molecule is Cc1cc(C(=O)N(CCO)C2CC2)on1. The Morgan fingerprint density at radius 2 is 2.47 bits per heavy atom. The minimum Gasteiger partial charge on any atom is -0.395 e. The molecule has 82 valence electrons. The summed E-state index contributed by atoms with van der Waals surface area (Å²) in [7, 11) is 0. The van der Waals surface area contributed by atoms with Crippen molar-refractivity contribution in [3.8, 4) is 0 Å². The van der Waals surface area contributed by atoms with Crippen LogP contribution in [0.2, 0.25) is 0 Å². The maximum absolute atomic E-state index is 11.9. The summed E-state index contributed by atoms with van der Waals surface area (Å²) >= 11 is 0. The van der Waals surface area contributed by atoms with Crippen molar-refractivity contribution in [2.75, 3.05) is 13.2 Å². The van der Waals surface area contributed by atoms with Gasteiger partial charge in [0.2, 0.25) is 5.76 Å². The van der Waals surface area contributed by atoms with E-state index in [4.69, 9.17) is 9.63 Å². The molecular formula is C10H14N2O3. The zero-order valence-electron chi connectivity index (χ0n) is 8.64. The van der Waals surface area contributed by atoms with Crippen molar-refractivity contribution >= 4 is 5.91 Å². The second-order valence-electron chi connectivity index (χ2n) is 3.79. The first-order valence-corrected chi connectivity index (χ1v) is 5.07. The number of carbonyl (C=O) groups excluding carboxylic acids is 1. The van der Waals surface area contributed by atoms with Gasteiger partial charge in [-0.25, -0.2) is 0 Å². The Morgan fingerprint density at radius 1 is 1.73 bits per heavy atom. The quantitative estimate of drug-likeness (QED) is 0.789. The summed E-state index contributed by atoms with van der Waals surface area (Å²) in [5.74, 6) is 0.0833. The van der Waals surface area contributed by atoms with E-state index in [0.717, 1.165) is 12.8 Å². The van der Waals surface area contributed by atoms with Gasteiger partial charge in [0.25, 0.3) is 5.91 Å². The molecule has 0 bridgehead atoms. The second kappa shape index (κ2) is 4.02. The Hall–Kier alpha value is -1.36. The van der Waals surface area contributed by atoms with E-state index in [-0.39, 0.29) is 24.3 Å². The predicted molar refractivity (Wildman–Crippen MR) is 52.4 cm³/mol. The fourth-order valence-electron chi connectivity index (χ4n) is 1.55. The largest absolute Gasteiger partial charge is 0.395 e. The summed E-state index contributed by atoms with van der Waals surface area (Å²) in [6, 6.07) is 1.89. The predicted octanol–water partition coefficient (Wildman–Crippen LogP) is 0.580. The third-order valence-corrected chi connectivity index (χ3v) is 2.43. The normalized spacial score (nSPS) is 15.3. The van der Waals surface area contributed by atoms with Gasteiger partial charge >= 0.3 is 0 Å². The number of carbonyl (C=O) groups is 1. The van der Waals surface area contributed by atoms with Crippen molar-refractivity contribution in [2.24, 2.45) is 0 Å². The van der Waals surface area contributed by atoms with Gasteiger partial charge in [0.15, 0.2) is 0 Å². The molecule has 0 radical (unpaired) electrons. The summed E-state index contributed by atoms with van der Waals surface area (Å²) < 4.78 is 4.91. The van der Waals surface area contributed by atoms with Gasteiger partial charge in [0.1, 0.15) is 0 Å². The van der Waals surface area contributed by atoms with E-state index in [0.29, 0.717) is 12.2 Å². The molecule has 1 fully saturated rings. The Balaban J connectivity index is 2.10. The van der Waals surface area contributed by atoms with E-state index in [1.165, 1.54) is 0 Å². The molecule has 1 aromatic rings. The van der Waals surface area contributed by atoms with Crippen LogP contribution in [0.3, 0.4) is 0 Å². The average Bonchev–Trinajstić information content (AvgIpc) is 2.96. The fourth-order valence-corrected chi connectivity index (χ4v) is 1.55. The van der Waals surface area contributed by atoms with Crippen LogP contribution in [0.4, 0.5) is 0 Å². The van der Waals surface area contributed by atoms with Gasteiger partial charge in [-0.2, -0.15) is 0 Å². The lowest BCUT2D eigenvalue weighted by molar-refractivity contribution is 0.0666. The van der Waals surface area contributed by atoms with Crippen LogP contribution in [0.5, 0.6) is 0 Å². The lowest BCUT2D eigenvalue weighted by atomic mass is 10.3. The van der Waals surface area contributed by atoms with Crippen LogP contribution in [0.25, 0.3) is 0 Å². The molecule has 1 heterocycles. The molecule has 1 saturated carbocycles. The molecule has 0 saturated heterocycles. The molecule has 0 aromatic carbocycles. The molecule has 1 aliphatic rings. The number of aromatic nitrogens is 1. The highest BCUT2D eigenvalue weighted by atomic mass is 16.5. The molecule has 15 heavy (non-hydrogen) atoms. The molecule has 1 aliphatic carbocycles. The zero-order valence-corrected chi connectivity index (χ0v) is 8.64. The highest BCUT2D eigenvalue weighted by Gasteiger charge is 2.34. The third kappa shape index (κ3) is 2.18. The molecule has 0 unspecified atom stereocenters. The molecule has 1 amide bonds. The second-order valence-corrected chi connectivity index (χ2v) is 3.79. The number of aryl methyl sites for hydroxylation is 1. The number of hydrogen-bond donors (Lipinski definition) is 1. The molecule has 2 rings (SSSR count). The third-order valence-electron chi connectivity index (χ3n) is 2.43. The van der Waals surface area contributed by atoms with Gasteiger partial charge in [-0.1, -0.05) is 5.16 Å². The van der Waals surface area contributed by atoms with Gasteiger partial charge in [0.05, 0.1) is 12.3 Å². The number of aliphatic hydroxyl groups excluding tert-OH is 1. The Kier molecular flexibility index (Phi) is 2.73. The maximum atomic E-state index is 11.9. The van der Waals surface area contributed by atoms with Crippen LogP contribution in [-0.4, -0.2) is 40.3 Å². The monoisotopic (exact) mass is 210 g/mol. The molecule has 0 spiro atoms. The van der Waals surface area contributed by atoms with Crippen LogP contribution in [-0.2, 0) is 0 Å². The molecule has 0 atom stereocenters. The van der Waals surface area contributed by atoms with Gasteiger partial charge < -0.3 is 14.5 Å². The highest BCUT2D eigenvalue weighted by molar-refractivity contribution is 5.91. The molecule has 1 N–H and O–H groups in total. The standard InChI is InChI=1S/C10H14N2O3/c1-7-6-9(15-11-7)10(14)12(4-5-13)8-2-3-8/h6,8,13H,2-5H2,1H3. The molecule has 1 aromatic heterocycles. The minimum absolute atomic E-state index is 0.0185. The van der Waals surface area contributed by atoms with Gasteiger partial charge in [-0.15, -0.1) is 0 Å². The van der Waals surface area contributed by atoms with E-state index >= 15 is 0 Å². The molecular weight excluding hydrogens is 196 g/mol. The minimum atomic E-state index is -0.174. The number of hydrogen-bond acceptors (Lipinski definition) is 4. The van der Waals surface area contributed by atoms with Crippen LogP contribution >= 0.6 is 0 Å². The maximum Gasteiger partial charge on any atom is 0.292 e. The number of amides is 1. The van der Waals surface area contributed by atoms with Gasteiger partial charge in [0, 0.05) is 18.7 Å². The van der Waals surface area contributed by atoms with Crippen molar-refractivity contribution < 1.29 is 14.4 Å². The van der Waals surface area contributed by atoms with E-state index in [9.17, 15) is 4.79 Å². The van der Waals surface area contributed by atoms with Gasteiger partial charge in [-0.05, 0) is 19.8 Å². The molecule has 5 nitrogen and oxygen atoms in total. The lowest BCUT2D eigenvalue weighted by Gasteiger charge is -2.19. The van der Waals surface area contributed by atoms with Crippen LogP contribution in [0, 0.1) is 6.92 Å². The number of aliphatic hydroxyl groups is 1. The van der Waals surface area contributed by atoms with E-state index in [1.54, 1.807) is 17.9 Å². The first-order chi connectivity index (χ1) is 7.22. The Labute approximate surface area is 87.7 Å². The van der Waals surface area contributed by atoms with Crippen LogP contribution in [0.1, 0.15) is 29.1 Å². The smallest absolute Gasteiger partial charge is 0.292 e. The summed E-state index contributed by atoms with van der Waals surface area (Å²) in [6.45, 7) is 2.12. The summed E-state index contributed by atoms with van der Waals surface area (Å²) in [6.07, 6.45) is 2.03. The Morgan fingerprint density at radius 3 is 2.93 bits per heavy atom. The lowest BCUT2D eigenvalue weighted by Crippen LogP contribution is -2.35. The van der Waals surface area contributed by atoms with Crippen LogP contribution in [0.15, 0.2) is 10.6 Å². The molecule has 0 aliphatic heterocycles. The summed E-state index contributed by atoms with van der Waals surface area (Å²) in [5, 5.41) is 12.5. The molecule has 5 heteroatoms. The summed E-state index contributed by atoms with van der Waals surface area (Å²) in [5.41, 5.74) is 0.693. The van der Waals surface area contributed by atoms with E-state index in [1.807, 2.05) is 0 Å². The van der Waals surface area contributed by atoms with Crippen molar-refractivity contribution in [3.63, 3.8) is 0 Å². The van der Waals surface area contributed by atoms with E-state index in [2.05, 4.69) is 5.16 Å². The van der Waals surface area contributed by atoms with Gasteiger partial charge in [-0.3, -0.25) is 4.79 Å². The number of rotatable bonds is 4. The van der Waals surface area contributed by atoms with Crippen molar-refractivity contribution in [1.29, 1.82) is 0 Å². The topological polar surface area (TPSA) is 66.6 Å². The highest BCUT2D eigenvalue weighted by Crippen LogP contribution is 2.27. The van der Waals surface area contributed by atoms with E-state index < -0.39 is 0 Å². The van der Waals surface area contributed by atoms with Crippen molar-refractivity contribution in [2.45, 2.75) is 25.8 Å². The summed E-state index contributed by atoms with van der Waals surface area (Å²) in [4.78, 5) is 13.6. The number of nitrogens with zero attached hydrogens (tertiary/aromatic N) is 2. The van der Waals surface area contributed by atoms with Crippen molar-refractivity contribution in [3.05, 3.63) is 17.5 Å². The first-order valence-electron chi connectivity index (χ1n) is 5.07. The fraction of sp³-hybridized carbons (Fsp3) is 0.600. The van der Waals surface area contributed by atoms with Crippen molar-refractivity contribution in [1.82, 2.24) is 10.1 Å². The Bertz CT molecular complexity index is 357. The first kappa shape index (κ1) is 10.2. The zero-order chi connectivity index (χ0) is 10.8. The average molecular weight is 210 g/mol.